The summed E-state index contributed by atoms with van der Waals surface area (Å²) in [4.78, 5) is 4.32. The molecule has 0 aliphatic heterocycles. The highest BCUT2D eigenvalue weighted by Crippen LogP contribution is 2.12. The van der Waals surface area contributed by atoms with Crippen molar-refractivity contribution in [2.75, 3.05) is 26.9 Å². The highest BCUT2D eigenvalue weighted by Gasteiger charge is 2.02. The van der Waals surface area contributed by atoms with Gasteiger partial charge in [-0.15, -0.1) is 0 Å². The molecule has 1 rings (SSSR count). The van der Waals surface area contributed by atoms with Crippen LogP contribution in [0.1, 0.15) is 11.4 Å². The van der Waals surface area contributed by atoms with Gasteiger partial charge in [-0.05, 0) is 6.92 Å². The summed E-state index contributed by atoms with van der Waals surface area (Å²) in [6.07, 6.45) is -2.41. The molecule has 0 saturated carbocycles. The molecule has 0 aliphatic rings. The Morgan fingerprint density at radius 2 is 2.17 bits per heavy atom. The number of halogens is 2. The Bertz CT molecular complexity index is 362. The van der Waals surface area contributed by atoms with Crippen LogP contribution < -0.4 is 10.1 Å². The third-order valence-electron chi connectivity index (χ3n) is 2.19. The fraction of sp³-hybridized carbons (Fsp3) is 0.583. The number of hydrogen-bond donors (Lipinski definition) is 1. The van der Waals surface area contributed by atoms with Crippen LogP contribution in [0.25, 0.3) is 0 Å². The number of aromatic nitrogens is 1. The first kappa shape index (κ1) is 14.8. The molecule has 0 atom stereocenters. The van der Waals surface area contributed by atoms with E-state index in [0.717, 1.165) is 17.1 Å². The van der Waals surface area contributed by atoms with Gasteiger partial charge in [-0.25, -0.2) is 8.78 Å². The van der Waals surface area contributed by atoms with Crippen LogP contribution in [0.2, 0.25) is 0 Å². The molecule has 0 aliphatic carbocycles. The molecule has 4 nitrogen and oxygen atoms in total. The summed E-state index contributed by atoms with van der Waals surface area (Å²) in [6.45, 7) is 2.68. The van der Waals surface area contributed by atoms with Crippen molar-refractivity contribution in [1.82, 2.24) is 10.3 Å². The number of hydrogen-bond acceptors (Lipinski definition) is 4. The standard InChI is InChI=1S/C12H18F2N2O2/c1-9-5-11(17-2)6-10(16-9)7-15-3-4-18-8-12(13)14/h5-6,12,15H,3-4,7-8H2,1-2H3. The SMILES string of the molecule is COc1cc(C)nc(CNCCOCC(F)F)c1. The lowest BCUT2D eigenvalue weighted by molar-refractivity contribution is 0.0187. The fourth-order valence-electron chi connectivity index (χ4n) is 1.44. The van der Waals surface area contributed by atoms with E-state index in [9.17, 15) is 8.78 Å². The number of aryl methyl sites for hydroxylation is 1. The Labute approximate surface area is 105 Å². The van der Waals surface area contributed by atoms with Gasteiger partial charge in [-0.3, -0.25) is 4.98 Å². The fourth-order valence-corrected chi connectivity index (χ4v) is 1.44. The van der Waals surface area contributed by atoms with Crippen molar-refractivity contribution in [1.29, 1.82) is 0 Å². The summed E-state index contributed by atoms with van der Waals surface area (Å²) in [7, 11) is 1.60. The van der Waals surface area contributed by atoms with E-state index in [1.54, 1.807) is 7.11 Å². The molecule has 1 N–H and O–H groups in total. The minimum atomic E-state index is -2.41. The van der Waals surface area contributed by atoms with Gasteiger partial charge in [0.2, 0.25) is 0 Å². The predicted molar refractivity (Wildman–Crippen MR) is 64.1 cm³/mol. The van der Waals surface area contributed by atoms with Crippen molar-refractivity contribution in [3.8, 4) is 5.75 Å². The monoisotopic (exact) mass is 260 g/mol. The zero-order valence-corrected chi connectivity index (χ0v) is 10.6. The van der Waals surface area contributed by atoms with E-state index < -0.39 is 13.0 Å². The molecule has 0 bridgehead atoms. The molecular weight excluding hydrogens is 242 g/mol. The average molecular weight is 260 g/mol. The van der Waals surface area contributed by atoms with E-state index in [2.05, 4.69) is 10.3 Å². The number of methoxy groups -OCH3 is 1. The summed E-state index contributed by atoms with van der Waals surface area (Å²) in [5, 5.41) is 3.07. The zero-order chi connectivity index (χ0) is 13.4. The topological polar surface area (TPSA) is 43.4 Å². The van der Waals surface area contributed by atoms with Gasteiger partial charge in [0.1, 0.15) is 12.4 Å². The molecule has 1 aromatic heterocycles. The van der Waals surface area contributed by atoms with Crippen LogP contribution in [-0.2, 0) is 11.3 Å². The maximum absolute atomic E-state index is 11.8. The molecule has 0 spiro atoms. The van der Waals surface area contributed by atoms with Crippen molar-refractivity contribution in [2.24, 2.45) is 0 Å². The van der Waals surface area contributed by atoms with Crippen LogP contribution in [-0.4, -0.2) is 38.3 Å². The average Bonchev–Trinajstić information content (AvgIpc) is 2.32. The van der Waals surface area contributed by atoms with Gasteiger partial charge in [0, 0.05) is 30.9 Å². The highest BCUT2D eigenvalue weighted by molar-refractivity contribution is 5.26. The van der Waals surface area contributed by atoms with Crippen molar-refractivity contribution in [3.63, 3.8) is 0 Å². The number of ether oxygens (including phenoxy) is 2. The first-order chi connectivity index (χ1) is 8.61. The molecule has 102 valence electrons. The van der Waals surface area contributed by atoms with Crippen molar-refractivity contribution in [3.05, 3.63) is 23.5 Å². The smallest absolute Gasteiger partial charge is 0.261 e. The van der Waals surface area contributed by atoms with E-state index in [1.807, 2.05) is 19.1 Å². The molecule has 1 aromatic rings. The largest absolute Gasteiger partial charge is 0.497 e. The maximum Gasteiger partial charge on any atom is 0.261 e. The molecule has 0 amide bonds. The number of nitrogens with one attached hydrogen (secondary N) is 1. The Morgan fingerprint density at radius 3 is 2.83 bits per heavy atom. The normalized spacial score (nSPS) is 10.9. The Kier molecular flexibility index (Phi) is 6.53. The van der Waals surface area contributed by atoms with Crippen molar-refractivity contribution >= 4 is 0 Å². The maximum atomic E-state index is 11.8. The van der Waals surface area contributed by atoms with E-state index in [0.29, 0.717) is 13.1 Å². The Hall–Kier alpha value is -1.27. The first-order valence-electron chi connectivity index (χ1n) is 5.70. The van der Waals surface area contributed by atoms with Gasteiger partial charge in [0.25, 0.3) is 6.43 Å². The lowest BCUT2D eigenvalue weighted by Gasteiger charge is -2.08. The van der Waals surface area contributed by atoms with Gasteiger partial charge in [-0.1, -0.05) is 0 Å². The third kappa shape index (κ3) is 5.88. The quantitative estimate of drug-likeness (QED) is 0.723. The molecular formula is C12H18F2N2O2. The van der Waals surface area contributed by atoms with E-state index in [1.165, 1.54) is 0 Å². The third-order valence-corrected chi connectivity index (χ3v) is 2.19. The second-order valence-corrected chi connectivity index (χ2v) is 3.78. The van der Waals surface area contributed by atoms with Gasteiger partial charge in [-0.2, -0.15) is 0 Å². The zero-order valence-electron chi connectivity index (χ0n) is 10.6. The molecule has 0 radical (unpaired) electrons. The highest BCUT2D eigenvalue weighted by atomic mass is 19.3. The Balaban J connectivity index is 2.24. The Morgan fingerprint density at radius 1 is 1.39 bits per heavy atom. The summed E-state index contributed by atoms with van der Waals surface area (Å²) < 4.78 is 33.4. The number of nitrogens with zero attached hydrogens (tertiary/aromatic N) is 1. The van der Waals surface area contributed by atoms with Crippen molar-refractivity contribution in [2.45, 2.75) is 19.9 Å². The predicted octanol–water partition coefficient (Wildman–Crippen LogP) is 1.77. The second-order valence-electron chi connectivity index (χ2n) is 3.78. The number of rotatable bonds is 8. The van der Waals surface area contributed by atoms with Crippen LogP contribution in [0.5, 0.6) is 5.75 Å². The van der Waals surface area contributed by atoms with Gasteiger partial charge in [0.15, 0.2) is 0 Å². The summed E-state index contributed by atoms with van der Waals surface area (Å²) in [5.41, 5.74) is 1.72. The van der Waals surface area contributed by atoms with Crippen LogP contribution in [0, 0.1) is 6.92 Å². The van der Waals surface area contributed by atoms with Gasteiger partial charge in [0.05, 0.1) is 19.4 Å². The summed E-state index contributed by atoms with van der Waals surface area (Å²) in [6, 6.07) is 3.68. The van der Waals surface area contributed by atoms with E-state index in [4.69, 9.17) is 9.47 Å². The number of alkyl halides is 2. The minimum Gasteiger partial charge on any atom is -0.497 e. The number of pyridine rings is 1. The van der Waals surface area contributed by atoms with Crippen LogP contribution in [0.15, 0.2) is 12.1 Å². The molecule has 0 fully saturated rings. The first-order valence-corrected chi connectivity index (χ1v) is 5.70. The lowest BCUT2D eigenvalue weighted by atomic mass is 10.3. The lowest BCUT2D eigenvalue weighted by Crippen LogP contribution is -2.21. The van der Waals surface area contributed by atoms with Crippen LogP contribution in [0.4, 0.5) is 8.78 Å². The molecule has 0 unspecified atom stereocenters. The van der Waals surface area contributed by atoms with Crippen LogP contribution in [0.3, 0.4) is 0 Å². The summed E-state index contributed by atoms with van der Waals surface area (Å²) in [5.74, 6) is 0.758. The molecule has 6 heteroatoms. The van der Waals surface area contributed by atoms with Gasteiger partial charge < -0.3 is 14.8 Å². The molecule has 0 aromatic carbocycles. The van der Waals surface area contributed by atoms with Gasteiger partial charge >= 0.3 is 0 Å². The van der Waals surface area contributed by atoms with E-state index in [-0.39, 0.29) is 6.61 Å². The second kappa shape index (κ2) is 7.94. The van der Waals surface area contributed by atoms with Crippen LogP contribution >= 0.6 is 0 Å². The molecule has 0 saturated heterocycles. The molecule has 1 heterocycles. The van der Waals surface area contributed by atoms with Crippen molar-refractivity contribution < 1.29 is 18.3 Å². The molecule has 18 heavy (non-hydrogen) atoms. The summed E-state index contributed by atoms with van der Waals surface area (Å²) >= 11 is 0. The van der Waals surface area contributed by atoms with E-state index >= 15 is 0 Å². The minimum absolute atomic E-state index is 0.257.